The molecule has 0 saturated heterocycles. The average Bonchev–Trinajstić information content (AvgIpc) is 3.73. The number of rotatable bonds is 3. The maximum absolute atomic E-state index is 2.45. The molecule has 0 fully saturated rings. The summed E-state index contributed by atoms with van der Waals surface area (Å²) in [7, 11) is 0. The zero-order valence-corrected chi connectivity index (χ0v) is 35.0. The summed E-state index contributed by atoms with van der Waals surface area (Å²) in [4.78, 5) is 0. The Labute approximate surface area is 367 Å². The molecule has 0 radical (unpaired) electrons. The predicted octanol–water partition coefficient (Wildman–Crippen LogP) is 18.3. The predicted molar refractivity (Wildman–Crippen MR) is 276 cm³/mol. The average molecular weight is 813 g/mol. The van der Waals surface area contributed by atoms with Crippen LogP contribution in [0.3, 0.4) is 0 Å². The van der Waals surface area contributed by atoms with Gasteiger partial charge in [0, 0.05) is 25.6 Å². The van der Waals surface area contributed by atoms with Gasteiger partial charge in [0.05, 0.1) is 0 Å². The van der Waals surface area contributed by atoms with Crippen molar-refractivity contribution in [1.29, 1.82) is 0 Å². The molecule has 0 atom stereocenters. The smallest absolute Gasteiger partial charge is 0.0434 e. The van der Waals surface area contributed by atoms with Crippen LogP contribution in [-0.4, -0.2) is 0 Å². The van der Waals surface area contributed by atoms with Gasteiger partial charge >= 0.3 is 0 Å². The lowest BCUT2D eigenvalue weighted by Crippen LogP contribution is -1.95. The Kier molecular flexibility index (Phi) is 7.37. The molecule has 0 unspecified atom stereocenters. The summed E-state index contributed by atoms with van der Waals surface area (Å²) >= 11 is 1.92. The second-order valence-corrected chi connectivity index (χ2v) is 18.1. The van der Waals surface area contributed by atoms with Crippen molar-refractivity contribution in [2.45, 2.75) is 0 Å². The van der Waals surface area contributed by atoms with Gasteiger partial charge in [-0.3, -0.25) is 0 Å². The van der Waals surface area contributed by atoms with Gasteiger partial charge < -0.3 is 0 Å². The Bertz CT molecular complexity index is 4090. The van der Waals surface area contributed by atoms with E-state index in [9.17, 15) is 0 Å². The van der Waals surface area contributed by atoms with E-state index in [1.165, 1.54) is 140 Å². The number of fused-ring (bicyclic) bond motifs is 13. The van der Waals surface area contributed by atoms with Crippen LogP contribution in [0.2, 0.25) is 0 Å². The molecule has 0 nitrogen and oxygen atoms in total. The Balaban J connectivity index is 1.07. The van der Waals surface area contributed by atoms with E-state index in [2.05, 4.69) is 218 Å². The van der Waals surface area contributed by atoms with Gasteiger partial charge in [0.25, 0.3) is 0 Å². The minimum atomic E-state index is 1.25. The molecule has 0 amide bonds. The highest BCUT2D eigenvalue weighted by molar-refractivity contribution is 7.26. The van der Waals surface area contributed by atoms with E-state index >= 15 is 0 Å². The maximum Gasteiger partial charge on any atom is 0.0434 e. The van der Waals surface area contributed by atoms with Gasteiger partial charge in [0.2, 0.25) is 0 Å². The van der Waals surface area contributed by atoms with E-state index in [1.54, 1.807) is 0 Å². The SMILES string of the molecule is c1ccc2c(-c3c4ccccc4c(-c4c5ccccc5c(-c5ccc6c(c5)sc5c6ccc6c7ccccc7ccc65)c5ccccc45)c4ccccc34)c3ccccc3cc2c1. The molecule has 63 heavy (non-hydrogen) atoms. The van der Waals surface area contributed by atoms with Crippen LogP contribution in [0.15, 0.2) is 218 Å². The standard InChI is InChI=1S/C62H36S/c1-4-18-41-37(15-1)29-32-54-44(41)33-34-55-45-31-30-40(36-56(45)63-62(54)55)57-46-21-7-9-23-48(46)60(49-24-10-8-22-47(49)57)61-52-27-13-11-25-50(52)59(51-26-12-14-28-53(51)61)58-42-19-5-2-16-38(42)35-39-17-3-6-20-43(39)58/h1-36H. The summed E-state index contributed by atoms with van der Waals surface area (Å²) in [5, 5.41) is 23.1. The molecule has 0 aliphatic heterocycles. The Morgan fingerprint density at radius 3 is 1.06 bits per heavy atom. The third kappa shape index (κ3) is 4.97. The van der Waals surface area contributed by atoms with Gasteiger partial charge in [-0.15, -0.1) is 11.3 Å². The van der Waals surface area contributed by atoms with E-state index in [4.69, 9.17) is 0 Å². The first kappa shape index (κ1) is 34.8. The first-order valence-corrected chi connectivity index (χ1v) is 22.7. The molecule has 0 bridgehead atoms. The summed E-state index contributed by atoms with van der Waals surface area (Å²) in [5.41, 5.74) is 7.69. The number of thiophene rings is 1. The van der Waals surface area contributed by atoms with Gasteiger partial charge in [-0.1, -0.05) is 206 Å². The number of hydrogen-bond donors (Lipinski definition) is 0. The molecular formula is C62H36S. The Morgan fingerprint density at radius 1 is 0.206 bits per heavy atom. The second kappa shape index (κ2) is 13.3. The lowest BCUT2D eigenvalue weighted by molar-refractivity contribution is 1.70. The lowest BCUT2D eigenvalue weighted by atomic mass is 9.80. The van der Waals surface area contributed by atoms with Gasteiger partial charge in [-0.2, -0.15) is 0 Å². The molecule has 13 aromatic carbocycles. The van der Waals surface area contributed by atoms with Crippen LogP contribution < -0.4 is 0 Å². The van der Waals surface area contributed by atoms with Gasteiger partial charge in [0.1, 0.15) is 0 Å². The molecule has 290 valence electrons. The van der Waals surface area contributed by atoms with Gasteiger partial charge in [-0.25, -0.2) is 0 Å². The molecule has 1 heteroatoms. The zero-order chi connectivity index (χ0) is 41.2. The minimum absolute atomic E-state index is 1.25. The van der Waals surface area contributed by atoms with Crippen LogP contribution in [0.4, 0.5) is 0 Å². The third-order valence-electron chi connectivity index (χ3n) is 13.8. The van der Waals surface area contributed by atoms with E-state index in [1.807, 2.05) is 11.3 Å². The molecule has 0 aliphatic rings. The summed E-state index contributed by atoms with van der Waals surface area (Å²) in [5.74, 6) is 0. The largest absolute Gasteiger partial charge is 0.135 e. The van der Waals surface area contributed by atoms with Crippen molar-refractivity contribution in [1.82, 2.24) is 0 Å². The van der Waals surface area contributed by atoms with Crippen LogP contribution in [0.25, 0.3) is 140 Å². The normalized spacial score (nSPS) is 12.1. The van der Waals surface area contributed by atoms with Crippen molar-refractivity contribution in [3.05, 3.63) is 218 Å². The highest BCUT2D eigenvalue weighted by atomic mass is 32.1. The monoisotopic (exact) mass is 812 g/mol. The fraction of sp³-hybridized carbons (Fsp3) is 0. The van der Waals surface area contributed by atoms with Crippen LogP contribution >= 0.6 is 11.3 Å². The second-order valence-electron chi connectivity index (χ2n) is 17.0. The zero-order valence-electron chi connectivity index (χ0n) is 34.2. The first-order chi connectivity index (χ1) is 31.3. The third-order valence-corrected chi connectivity index (χ3v) is 15.0. The number of benzene rings is 13. The molecule has 1 heterocycles. The van der Waals surface area contributed by atoms with Crippen molar-refractivity contribution < 1.29 is 0 Å². The molecule has 0 N–H and O–H groups in total. The first-order valence-electron chi connectivity index (χ1n) is 21.8. The molecule has 14 rings (SSSR count). The van der Waals surface area contributed by atoms with Crippen LogP contribution in [0.1, 0.15) is 0 Å². The molecule has 0 spiro atoms. The summed E-state index contributed by atoms with van der Waals surface area (Å²) in [6, 6.07) is 81.8. The molecule has 0 saturated carbocycles. The number of hydrogen-bond acceptors (Lipinski definition) is 1. The van der Waals surface area contributed by atoms with Crippen LogP contribution in [0.5, 0.6) is 0 Å². The summed E-state index contributed by atoms with van der Waals surface area (Å²) in [6.45, 7) is 0. The van der Waals surface area contributed by atoms with Gasteiger partial charge in [-0.05, 0) is 126 Å². The van der Waals surface area contributed by atoms with Crippen molar-refractivity contribution in [2.75, 3.05) is 0 Å². The van der Waals surface area contributed by atoms with Crippen molar-refractivity contribution in [2.24, 2.45) is 0 Å². The maximum atomic E-state index is 2.45. The van der Waals surface area contributed by atoms with E-state index in [-0.39, 0.29) is 0 Å². The van der Waals surface area contributed by atoms with Crippen molar-refractivity contribution in [3.8, 4) is 33.4 Å². The topological polar surface area (TPSA) is 0 Å². The quantitative estimate of drug-likeness (QED) is 0.123. The van der Waals surface area contributed by atoms with Crippen molar-refractivity contribution >= 4 is 118 Å². The fourth-order valence-corrected chi connectivity index (χ4v) is 12.4. The molecule has 14 aromatic rings. The van der Waals surface area contributed by atoms with E-state index < -0.39 is 0 Å². The molecule has 0 aliphatic carbocycles. The highest BCUT2D eigenvalue weighted by Crippen LogP contribution is 2.52. The minimum Gasteiger partial charge on any atom is -0.135 e. The van der Waals surface area contributed by atoms with E-state index in [0.29, 0.717) is 0 Å². The Morgan fingerprint density at radius 2 is 0.556 bits per heavy atom. The summed E-state index contributed by atoms with van der Waals surface area (Å²) < 4.78 is 2.67. The highest BCUT2D eigenvalue weighted by Gasteiger charge is 2.24. The van der Waals surface area contributed by atoms with Gasteiger partial charge in [0.15, 0.2) is 0 Å². The van der Waals surface area contributed by atoms with E-state index in [0.717, 1.165) is 0 Å². The molecular weight excluding hydrogens is 777 g/mol. The summed E-state index contributed by atoms with van der Waals surface area (Å²) in [6.07, 6.45) is 0. The molecule has 1 aromatic heterocycles. The Hall–Kier alpha value is -7.84. The van der Waals surface area contributed by atoms with Crippen molar-refractivity contribution in [3.63, 3.8) is 0 Å². The van der Waals surface area contributed by atoms with Crippen LogP contribution in [-0.2, 0) is 0 Å². The lowest BCUT2D eigenvalue weighted by Gasteiger charge is -2.23. The fourth-order valence-electron chi connectivity index (χ4n) is 11.1. The van der Waals surface area contributed by atoms with Crippen LogP contribution in [0, 0.1) is 0 Å².